The number of para-hydroxylation sites is 3. The van der Waals surface area contributed by atoms with E-state index in [0.717, 1.165) is 36.4 Å². The lowest BCUT2D eigenvalue weighted by molar-refractivity contribution is 0.189. The molecule has 0 radical (unpaired) electrons. The fraction of sp³-hybridized carbons (Fsp3) is 0.434. The number of alkyl halides is 2. The van der Waals surface area contributed by atoms with E-state index in [9.17, 15) is 0 Å². The number of nitrogen functional groups attached to an aromatic ring is 1. The third-order valence-electron chi connectivity index (χ3n) is 17.0. The SMILES string of the molecule is BrCBr.CCCCCCC1(CCCCCC)c2ccccc2-c2ccc(N(CN(C)CN(C)CN(c3ccccc3)c3ccccc3)c3ccccc3)cc21.CN.CN.[CH2+]CCCCCC1(CCCCCC)c2ccccc2-c2ccc(N)cc21. The van der Waals surface area contributed by atoms with E-state index in [1.54, 1.807) is 11.1 Å². The molecule has 0 bridgehead atoms. The molecule has 6 N–H and O–H groups in total. The molecule has 458 valence electrons. The number of hydrogen-bond acceptors (Lipinski definition) is 7. The summed E-state index contributed by atoms with van der Waals surface area (Å²) in [5.74, 6) is 0. The number of halogens is 2. The van der Waals surface area contributed by atoms with Crippen LogP contribution in [0.3, 0.4) is 0 Å². The van der Waals surface area contributed by atoms with Crippen molar-refractivity contribution < 1.29 is 0 Å². The van der Waals surface area contributed by atoms with Crippen molar-refractivity contribution in [3.8, 4) is 22.3 Å². The van der Waals surface area contributed by atoms with E-state index in [1.807, 2.05) is 0 Å². The van der Waals surface area contributed by atoms with Crippen LogP contribution in [-0.4, -0.2) is 62.2 Å². The summed E-state index contributed by atoms with van der Waals surface area (Å²) in [4.78, 5) is 9.75. The van der Waals surface area contributed by atoms with Crippen molar-refractivity contribution in [1.29, 1.82) is 0 Å². The summed E-state index contributed by atoms with van der Waals surface area (Å²) in [5, 5.41) is 0. The number of hydrogen-bond donors (Lipinski definition) is 3. The molecular weight excluding hydrogens is 1170 g/mol. The Hall–Kier alpha value is -5.39. The second-order valence-electron chi connectivity index (χ2n) is 23.0. The van der Waals surface area contributed by atoms with Crippen LogP contribution in [0.2, 0.25) is 0 Å². The summed E-state index contributed by atoms with van der Waals surface area (Å²) in [6, 6.07) is 64.7. The minimum Gasteiger partial charge on any atom is -0.399 e. The molecule has 0 heterocycles. The smallest absolute Gasteiger partial charge is 0.0850 e. The summed E-state index contributed by atoms with van der Waals surface area (Å²) in [7, 11) is 7.47. The average Bonchev–Trinajstić information content (AvgIpc) is 1.65. The molecule has 0 saturated heterocycles. The summed E-state index contributed by atoms with van der Waals surface area (Å²) >= 11 is 6.12. The Morgan fingerprint density at radius 1 is 0.365 bits per heavy atom. The van der Waals surface area contributed by atoms with Gasteiger partial charge in [-0.05, 0) is 172 Å². The molecule has 0 fully saturated rings. The highest BCUT2D eigenvalue weighted by molar-refractivity contribution is 9.24. The van der Waals surface area contributed by atoms with Crippen LogP contribution in [0.5, 0.6) is 0 Å². The number of rotatable bonds is 30. The lowest BCUT2D eigenvalue weighted by Crippen LogP contribution is -2.43. The van der Waals surface area contributed by atoms with Crippen molar-refractivity contribution >= 4 is 60.3 Å². The van der Waals surface area contributed by atoms with Crippen molar-refractivity contribution in [2.24, 2.45) is 11.5 Å². The van der Waals surface area contributed by atoms with Gasteiger partial charge in [-0.25, -0.2) is 0 Å². The fourth-order valence-electron chi connectivity index (χ4n) is 13.2. The van der Waals surface area contributed by atoms with Crippen LogP contribution < -0.4 is 27.0 Å². The largest absolute Gasteiger partial charge is 0.399 e. The maximum atomic E-state index is 6.23. The Morgan fingerprint density at radius 3 is 1.08 bits per heavy atom. The zero-order valence-electron chi connectivity index (χ0n) is 53.2. The first kappa shape index (κ1) is 70.4. The zero-order valence-corrected chi connectivity index (χ0v) is 56.4. The Labute approximate surface area is 533 Å². The van der Waals surface area contributed by atoms with Crippen molar-refractivity contribution in [2.75, 3.05) is 68.0 Å². The standard InChI is InChI=1S/C48H60N4.C25H34N.CH2Br2.2CH5N/c1-5-7-9-22-34-48(35-23-10-8-6-2)46-31-21-20-30-44(46)45-33-32-43(36-47(45)48)52(42-28-18-13-19-29-42)39-50(4)37-49(3)38-51(40-24-14-11-15-25-40)41-26-16-12-17-27-41;1-3-5-7-11-17-25(18-12-8-6-4-2)23-14-10-9-13-21(23)22-16-15-20(26)19-24(22)25;2-1-3;2*1-2/h11-21,24-33,36H,5-10,22-23,34-35,37-39H2,1-4H3;9-10,13-16,19H,1,3-8,11-12,17-18,26H2,2H3;1H2;2*2H2,1H3/q;+1;;;. The lowest BCUT2D eigenvalue weighted by Gasteiger charge is -2.36. The van der Waals surface area contributed by atoms with Gasteiger partial charge in [0.05, 0.1) is 37.6 Å². The molecule has 0 amide bonds. The van der Waals surface area contributed by atoms with Gasteiger partial charge in [-0.1, -0.05) is 251 Å². The molecular formula is C76H106Br2N7+. The van der Waals surface area contributed by atoms with Gasteiger partial charge in [-0.15, -0.1) is 0 Å². The molecule has 7 nitrogen and oxygen atoms in total. The average molecular weight is 1280 g/mol. The van der Waals surface area contributed by atoms with Gasteiger partial charge in [0.1, 0.15) is 0 Å². The highest BCUT2D eigenvalue weighted by Crippen LogP contribution is 2.56. The maximum Gasteiger partial charge on any atom is 0.0850 e. The minimum atomic E-state index is 0.0657. The highest BCUT2D eigenvalue weighted by Gasteiger charge is 2.44. The monoisotopic (exact) mass is 1270 g/mol. The molecule has 1 atom stereocenters. The zero-order chi connectivity index (χ0) is 61.3. The maximum absolute atomic E-state index is 6.23. The first-order valence-electron chi connectivity index (χ1n) is 32.1. The number of anilines is 5. The number of benzene rings is 7. The third kappa shape index (κ3) is 19.3. The van der Waals surface area contributed by atoms with Crippen LogP contribution >= 0.6 is 31.9 Å². The summed E-state index contributed by atoms with van der Waals surface area (Å²) < 4.78 is 0.875. The summed E-state index contributed by atoms with van der Waals surface area (Å²) in [5.41, 5.74) is 33.1. The molecule has 0 aromatic heterocycles. The topological polar surface area (TPSA) is 91.0 Å². The van der Waals surface area contributed by atoms with Gasteiger partial charge in [0, 0.05) is 39.3 Å². The molecule has 2 aliphatic carbocycles. The van der Waals surface area contributed by atoms with Crippen LogP contribution in [-0.2, 0) is 10.8 Å². The van der Waals surface area contributed by atoms with E-state index in [1.165, 1.54) is 192 Å². The van der Waals surface area contributed by atoms with Gasteiger partial charge < -0.3 is 27.0 Å². The molecule has 2 aliphatic rings. The second-order valence-corrected chi connectivity index (χ2v) is 25.6. The van der Waals surface area contributed by atoms with E-state index >= 15 is 0 Å². The van der Waals surface area contributed by atoms with E-state index in [0.29, 0.717) is 0 Å². The number of nitrogens with two attached hydrogens (primary N) is 3. The van der Waals surface area contributed by atoms with Crippen LogP contribution in [0, 0.1) is 6.92 Å². The molecule has 7 aromatic carbocycles. The quantitative estimate of drug-likeness (QED) is 0.0136. The Morgan fingerprint density at radius 2 is 0.694 bits per heavy atom. The number of nitrogens with zero attached hydrogens (tertiary/aromatic N) is 4. The first-order valence-corrected chi connectivity index (χ1v) is 34.3. The first-order chi connectivity index (χ1) is 41.7. The molecule has 7 aromatic rings. The molecule has 85 heavy (non-hydrogen) atoms. The number of unbranched alkanes of at least 4 members (excludes halogenated alkanes) is 12. The molecule has 0 saturated carbocycles. The molecule has 1 unspecified atom stereocenters. The Bertz CT molecular complexity index is 2830. The predicted octanol–water partition coefficient (Wildman–Crippen LogP) is 20.8. The fourth-order valence-corrected chi connectivity index (χ4v) is 13.2. The van der Waals surface area contributed by atoms with Gasteiger partial charge >= 0.3 is 0 Å². The summed E-state index contributed by atoms with van der Waals surface area (Å²) in [6.07, 6.45) is 25.3. The van der Waals surface area contributed by atoms with E-state index in [4.69, 9.17) is 5.73 Å². The predicted molar refractivity (Wildman–Crippen MR) is 381 cm³/mol. The lowest BCUT2D eigenvalue weighted by atomic mass is 9.70. The van der Waals surface area contributed by atoms with Gasteiger partial charge in [0.25, 0.3) is 0 Å². The number of fused-ring (bicyclic) bond motifs is 6. The van der Waals surface area contributed by atoms with Crippen molar-refractivity contribution in [2.45, 2.75) is 160 Å². The van der Waals surface area contributed by atoms with Crippen molar-refractivity contribution in [1.82, 2.24) is 9.80 Å². The Balaban J connectivity index is 0.000000334. The molecule has 9 rings (SSSR count). The van der Waals surface area contributed by atoms with Crippen LogP contribution in [0.4, 0.5) is 28.4 Å². The van der Waals surface area contributed by atoms with Crippen LogP contribution in [0.15, 0.2) is 176 Å². The molecule has 0 aliphatic heterocycles. The Kier molecular flexibility index (Phi) is 32.0. The van der Waals surface area contributed by atoms with Gasteiger partial charge in [0.15, 0.2) is 0 Å². The van der Waals surface area contributed by atoms with Crippen molar-refractivity contribution in [3.05, 3.63) is 205 Å². The van der Waals surface area contributed by atoms with Gasteiger partial charge in [-0.2, -0.15) is 0 Å². The van der Waals surface area contributed by atoms with Crippen LogP contribution in [0.1, 0.15) is 171 Å². The van der Waals surface area contributed by atoms with E-state index in [2.05, 4.69) is 281 Å². The van der Waals surface area contributed by atoms with E-state index < -0.39 is 0 Å². The minimum absolute atomic E-state index is 0.0657. The normalized spacial score (nSPS) is 13.8. The third-order valence-corrected chi connectivity index (χ3v) is 17.0. The second kappa shape index (κ2) is 38.7. The summed E-state index contributed by atoms with van der Waals surface area (Å²) in [6.45, 7) is 13.3. The highest BCUT2D eigenvalue weighted by atomic mass is 79.9. The van der Waals surface area contributed by atoms with E-state index in [-0.39, 0.29) is 10.8 Å². The van der Waals surface area contributed by atoms with Crippen LogP contribution in [0.25, 0.3) is 22.3 Å². The molecule has 0 spiro atoms. The van der Waals surface area contributed by atoms with Gasteiger partial charge in [0.2, 0.25) is 0 Å². The molecule has 9 heteroatoms. The van der Waals surface area contributed by atoms with Gasteiger partial charge in [-0.3, -0.25) is 9.80 Å². The van der Waals surface area contributed by atoms with Crippen molar-refractivity contribution in [3.63, 3.8) is 0 Å².